The van der Waals surface area contributed by atoms with Crippen LogP contribution < -0.4 is 15.8 Å². The Labute approximate surface area is 217 Å². The van der Waals surface area contributed by atoms with E-state index >= 15 is 0 Å². The fraction of sp³-hybridized carbons (Fsp3) is 0.300. The van der Waals surface area contributed by atoms with Crippen LogP contribution in [0.2, 0.25) is 0 Å². The van der Waals surface area contributed by atoms with Crippen molar-refractivity contribution in [3.05, 3.63) is 78.0 Å². The Balaban J connectivity index is 1.20. The second-order valence-electron chi connectivity index (χ2n) is 9.61. The highest BCUT2D eigenvalue weighted by atomic mass is 16.5. The summed E-state index contributed by atoms with van der Waals surface area (Å²) < 4.78 is 5.90. The summed E-state index contributed by atoms with van der Waals surface area (Å²) in [4.78, 5) is 23.9. The lowest BCUT2D eigenvalue weighted by atomic mass is 9.97. The monoisotopic (exact) mass is 495 g/mol. The predicted molar refractivity (Wildman–Crippen MR) is 149 cm³/mol. The summed E-state index contributed by atoms with van der Waals surface area (Å²) in [5.41, 5.74) is 10.9. The average Bonchev–Trinajstić information content (AvgIpc) is 2.92. The lowest BCUT2D eigenvalue weighted by Gasteiger charge is -2.26. The predicted octanol–water partition coefficient (Wildman–Crippen LogP) is 5.69. The van der Waals surface area contributed by atoms with E-state index in [1.165, 1.54) is 32.4 Å². The zero-order chi connectivity index (χ0) is 25.6. The summed E-state index contributed by atoms with van der Waals surface area (Å²) in [6.45, 7) is 6.25. The maximum Gasteiger partial charge on any atom is 0.255 e. The number of benzene rings is 3. The zero-order valence-corrected chi connectivity index (χ0v) is 21.2. The van der Waals surface area contributed by atoms with E-state index in [1.807, 2.05) is 67.6 Å². The molecule has 0 atom stereocenters. The molecule has 3 N–H and O–H groups in total. The van der Waals surface area contributed by atoms with E-state index in [9.17, 15) is 4.79 Å². The molecule has 0 aliphatic carbocycles. The third kappa shape index (κ3) is 6.24. The Morgan fingerprint density at radius 2 is 1.84 bits per heavy atom. The fourth-order valence-corrected chi connectivity index (χ4v) is 4.79. The molecule has 7 heteroatoms. The number of amides is 1. The van der Waals surface area contributed by atoms with Gasteiger partial charge in [-0.05, 0) is 104 Å². The molecular weight excluding hydrogens is 462 g/mol. The maximum atomic E-state index is 13.0. The second kappa shape index (κ2) is 11.4. The van der Waals surface area contributed by atoms with Crippen molar-refractivity contribution < 1.29 is 9.53 Å². The van der Waals surface area contributed by atoms with Crippen molar-refractivity contribution in [2.45, 2.75) is 32.6 Å². The quantitative estimate of drug-likeness (QED) is 0.305. The smallest absolute Gasteiger partial charge is 0.255 e. The van der Waals surface area contributed by atoms with Gasteiger partial charge in [0.15, 0.2) is 0 Å². The first-order valence-corrected chi connectivity index (χ1v) is 12.9. The maximum absolute atomic E-state index is 13.0. The topological polar surface area (TPSA) is 93.4 Å². The van der Waals surface area contributed by atoms with Gasteiger partial charge in [0.05, 0.1) is 12.1 Å². The number of ether oxygens (including phenoxy) is 1. The minimum Gasteiger partial charge on any atom is -0.494 e. The van der Waals surface area contributed by atoms with Crippen LogP contribution >= 0.6 is 0 Å². The van der Waals surface area contributed by atoms with Crippen molar-refractivity contribution in [2.24, 2.45) is 0 Å². The van der Waals surface area contributed by atoms with Crippen LogP contribution in [0.15, 0.2) is 66.9 Å². The first-order valence-electron chi connectivity index (χ1n) is 12.9. The van der Waals surface area contributed by atoms with Gasteiger partial charge in [-0.1, -0.05) is 18.6 Å². The van der Waals surface area contributed by atoms with Crippen molar-refractivity contribution in [1.82, 2.24) is 14.9 Å². The van der Waals surface area contributed by atoms with Crippen LogP contribution in [0.1, 0.15) is 41.6 Å². The second-order valence-corrected chi connectivity index (χ2v) is 9.61. The molecule has 1 aliphatic heterocycles. The van der Waals surface area contributed by atoms with Crippen molar-refractivity contribution in [1.29, 1.82) is 0 Å². The van der Waals surface area contributed by atoms with E-state index in [-0.39, 0.29) is 11.9 Å². The van der Waals surface area contributed by atoms with Crippen molar-refractivity contribution in [2.75, 3.05) is 37.3 Å². The molecule has 0 saturated carbocycles. The van der Waals surface area contributed by atoms with Crippen molar-refractivity contribution in [3.8, 4) is 16.9 Å². The van der Waals surface area contributed by atoms with E-state index in [2.05, 4.69) is 20.2 Å². The highest BCUT2D eigenvalue weighted by molar-refractivity contribution is 6.05. The molecule has 2 heterocycles. The molecular formula is C30H33N5O2. The third-order valence-corrected chi connectivity index (χ3v) is 6.86. The molecule has 1 amide bonds. The summed E-state index contributed by atoms with van der Waals surface area (Å²) in [6, 6.07) is 19.2. The van der Waals surface area contributed by atoms with Gasteiger partial charge in [-0.15, -0.1) is 0 Å². The van der Waals surface area contributed by atoms with E-state index in [1.54, 1.807) is 6.20 Å². The summed E-state index contributed by atoms with van der Waals surface area (Å²) >= 11 is 0. The Morgan fingerprint density at radius 1 is 1.03 bits per heavy atom. The molecule has 37 heavy (non-hydrogen) atoms. The number of rotatable bonds is 8. The zero-order valence-electron chi connectivity index (χ0n) is 21.2. The molecule has 1 aromatic heterocycles. The van der Waals surface area contributed by atoms with Crippen LogP contribution in [0, 0.1) is 6.92 Å². The highest BCUT2D eigenvalue weighted by Gasteiger charge is 2.12. The molecule has 5 rings (SSSR count). The van der Waals surface area contributed by atoms with Crippen LogP contribution in [0.4, 0.5) is 11.6 Å². The van der Waals surface area contributed by atoms with Crippen LogP contribution in [0.3, 0.4) is 0 Å². The van der Waals surface area contributed by atoms with E-state index in [0.29, 0.717) is 12.2 Å². The highest BCUT2D eigenvalue weighted by Crippen LogP contribution is 2.28. The number of fused-ring (bicyclic) bond motifs is 1. The van der Waals surface area contributed by atoms with E-state index < -0.39 is 0 Å². The minimum absolute atomic E-state index is 0.159. The Kier molecular flexibility index (Phi) is 7.61. The summed E-state index contributed by atoms with van der Waals surface area (Å²) in [5, 5.41) is 3.89. The number of likely N-dealkylation sites (tertiary alicyclic amines) is 1. The van der Waals surface area contributed by atoms with Gasteiger partial charge < -0.3 is 20.7 Å². The van der Waals surface area contributed by atoms with Gasteiger partial charge in [-0.3, -0.25) is 4.79 Å². The number of nitrogens with two attached hydrogens (primary N) is 1. The fourth-order valence-electron chi connectivity index (χ4n) is 4.79. The molecule has 1 fully saturated rings. The molecule has 3 aromatic carbocycles. The Hall–Kier alpha value is -3.97. The number of aryl methyl sites for hydroxylation is 1. The van der Waals surface area contributed by atoms with Crippen LogP contribution in [0.5, 0.6) is 5.75 Å². The largest absolute Gasteiger partial charge is 0.494 e. The van der Waals surface area contributed by atoms with Gasteiger partial charge in [0.1, 0.15) is 5.75 Å². The van der Waals surface area contributed by atoms with Gasteiger partial charge >= 0.3 is 0 Å². The number of nitrogens with zero attached hydrogens (tertiary/aromatic N) is 3. The number of nitrogen functional groups attached to an aromatic ring is 1. The number of nitrogens with one attached hydrogen (secondary N) is 1. The molecule has 0 bridgehead atoms. The Morgan fingerprint density at radius 3 is 2.65 bits per heavy atom. The molecule has 190 valence electrons. The van der Waals surface area contributed by atoms with Gasteiger partial charge in [0.25, 0.3) is 5.91 Å². The van der Waals surface area contributed by atoms with Crippen LogP contribution in [0.25, 0.3) is 22.0 Å². The standard InChI is InChI=1S/C30H33N5O2/c1-21-6-7-23(19-27(21)22-8-13-28-24(18-22)20-32-30(31)34-28)29(36)33-25-9-11-26(12-10-25)37-17-5-16-35-14-3-2-4-15-35/h6-13,18-20H,2-5,14-17H2,1H3,(H,33,36)(H2,31,32,34). The molecule has 0 spiro atoms. The van der Waals surface area contributed by atoms with Gasteiger partial charge in [0, 0.05) is 29.4 Å². The van der Waals surface area contributed by atoms with Gasteiger partial charge in [-0.2, -0.15) is 0 Å². The number of carbonyl (C=O) groups is 1. The molecule has 7 nitrogen and oxygen atoms in total. The average molecular weight is 496 g/mol. The first kappa shape index (κ1) is 24.7. The van der Waals surface area contributed by atoms with Crippen LogP contribution in [-0.4, -0.2) is 47.0 Å². The van der Waals surface area contributed by atoms with Gasteiger partial charge in [0.2, 0.25) is 5.95 Å². The number of piperidine rings is 1. The normalized spacial score (nSPS) is 14.0. The van der Waals surface area contributed by atoms with E-state index in [4.69, 9.17) is 10.5 Å². The lowest BCUT2D eigenvalue weighted by Crippen LogP contribution is -2.31. The number of hydrogen-bond donors (Lipinski definition) is 2. The van der Waals surface area contributed by atoms with Crippen molar-refractivity contribution in [3.63, 3.8) is 0 Å². The molecule has 1 saturated heterocycles. The molecule has 0 radical (unpaired) electrons. The van der Waals surface area contributed by atoms with Crippen molar-refractivity contribution >= 4 is 28.4 Å². The minimum atomic E-state index is -0.159. The first-order chi connectivity index (χ1) is 18.0. The molecule has 4 aromatic rings. The number of anilines is 2. The number of aromatic nitrogens is 2. The Bertz CT molecular complexity index is 1380. The summed E-state index contributed by atoms with van der Waals surface area (Å²) in [5.74, 6) is 0.909. The third-order valence-electron chi connectivity index (χ3n) is 6.86. The van der Waals surface area contributed by atoms with E-state index in [0.717, 1.165) is 52.0 Å². The molecule has 0 unspecified atom stereocenters. The van der Waals surface area contributed by atoms with Crippen LogP contribution in [-0.2, 0) is 0 Å². The summed E-state index contributed by atoms with van der Waals surface area (Å²) in [6.07, 6.45) is 6.72. The SMILES string of the molecule is Cc1ccc(C(=O)Nc2ccc(OCCCN3CCCCC3)cc2)cc1-c1ccc2nc(N)ncc2c1. The lowest BCUT2D eigenvalue weighted by molar-refractivity contribution is 0.102. The van der Waals surface area contributed by atoms with Gasteiger partial charge in [-0.25, -0.2) is 9.97 Å². The number of hydrogen-bond acceptors (Lipinski definition) is 6. The number of carbonyl (C=O) groups excluding carboxylic acids is 1. The molecule has 1 aliphatic rings. The summed E-state index contributed by atoms with van der Waals surface area (Å²) in [7, 11) is 0.